The molecule has 18 heavy (non-hydrogen) atoms. The molecule has 1 heterocycles. The maximum atomic E-state index is 11.8. The lowest BCUT2D eigenvalue weighted by Gasteiger charge is -2.35. The van der Waals surface area contributed by atoms with Gasteiger partial charge in [-0.15, -0.1) is 10.2 Å². The van der Waals surface area contributed by atoms with E-state index in [4.69, 9.17) is 0 Å². The lowest BCUT2D eigenvalue weighted by Crippen LogP contribution is -2.46. The predicted octanol–water partition coefficient (Wildman–Crippen LogP) is 0.130. The molecule has 0 aromatic carbocycles. The molecule has 2 atom stereocenters. The first kappa shape index (κ1) is 11.6. The maximum Gasteiger partial charge on any atom is 0.229 e. The molecule has 1 aromatic rings. The van der Waals surface area contributed by atoms with Gasteiger partial charge in [-0.05, 0) is 25.7 Å². The topological polar surface area (TPSA) is 95.0 Å². The van der Waals surface area contributed by atoms with Crippen molar-refractivity contribution in [2.75, 3.05) is 5.32 Å². The van der Waals surface area contributed by atoms with E-state index in [0.717, 1.165) is 17.8 Å². The monoisotopic (exact) mass is 266 g/mol. The molecule has 2 aliphatic rings. The van der Waals surface area contributed by atoms with Gasteiger partial charge >= 0.3 is 0 Å². The van der Waals surface area contributed by atoms with Crippen LogP contribution in [-0.2, 0) is 9.59 Å². The molecule has 0 radical (unpaired) electrons. The van der Waals surface area contributed by atoms with Crippen LogP contribution in [0.1, 0.15) is 36.6 Å². The molecule has 3 rings (SSSR count). The van der Waals surface area contributed by atoms with Crippen molar-refractivity contribution < 1.29 is 14.7 Å². The molecule has 0 spiro atoms. The van der Waals surface area contributed by atoms with E-state index in [9.17, 15) is 14.7 Å². The minimum Gasteiger partial charge on any atom is -0.550 e. The van der Waals surface area contributed by atoms with Crippen molar-refractivity contribution >= 4 is 28.3 Å². The zero-order chi connectivity index (χ0) is 12.7. The fourth-order valence-corrected chi connectivity index (χ4v) is 2.99. The molecule has 96 valence electrons. The number of aliphatic carboxylic acids is 1. The van der Waals surface area contributed by atoms with Crippen LogP contribution in [0, 0.1) is 11.8 Å². The molecular formula is C11H12N3O3S-. The molecule has 1 aromatic heterocycles. The van der Waals surface area contributed by atoms with Gasteiger partial charge < -0.3 is 15.2 Å². The summed E-state index contributed by atoms with van der Waals surface area (Å²) in [4.78, 5) is 22.6. The summed E-state index contributed by atoms with van der Waals surface area (Å²) < 4.78 is 0. The number of nitrogens with zero attached hydrogens (tertiary/aromatic N) is 2. The van der Waals surface area contributed by atoms with Crippen LogP contribution in [0.3, 0.4) is 0 Å². The molecule has 2 fully saturated rings. The van der Waals surface area contributed by atoms with Crippen LogP contribution in [-0.4, -0.2) is 22.1 Å². The van der Waals surface area contributed by atoms with Crippen LogP contribution in [0.15, 0.2) is 0 Å². The van der Waals surface area contributed by atoms with Crippen molar-refractivity contribution in [3.63, 3.8) is 0 Å². The first-order valence-corrected chi connectivity index (χ1v) is 6.82. The number of anilines is 1. The van der Waals surface area contributed by atoms with Crippen molar-refractivity contribution in [1.82, 2.24) is 10.2 Å². The Morgan fingerprint density at radius 2 is 1.89 bits per heavy atom. The van der Waals surface area contributed by atoms with Crippen molar-refractivity contribution in [2.24, 2.45) is 11.8 Å². The highest BCUT2D eigenvalue weighted by Gasteiger charge is 2.38. The smallest absolute Gasteiger partial charge is 0.229 e. The van der Waals surface area contributed by atoms with Crippen molar-refractivity contribution in [1.29, 1.82) is 0 Å². The van der Waals surface area contributed by atoms with Crippen LogP contribution in [0.4, 0.5) is 5.13 Å². The molecule has 7 heteroatoms. The van der Waals surface area contributed by atoms with E-state index in [-0.39, 0.29) is 5.91 Å². The number of hydrogen-bond donors (Lipinski definition) is 1. The van der Waals surface area contributed by atoms with Crippen molar-refractivity contribution in [3.8, 4) is 0 Å². The molecular weight excluding hydrogens is 254 g/mol. The van der Waals surface area contributed by atoms with Gasteiger partial charge in [-0.3, -0.25) is 4.79 Å². The van der Waals surface area contributed by atoms with Gasteiger partial charge in [0, 0.05) is 23.7 Å². The highest BCUT2D eigenvalue weighted by Crippen LogP contribution is 2.42. The van der Waals surface area contributed by atoms with Gasteiger partial charge in [0.2, 0.25) is 11.0 Å². The zero-order valence-corrected chi connectivity index (χ0v) is 10.4. The van der Waals surface area contributed by atoms with E-state index in [1.807, 2.05) is 0 Å². The third-order valence-corrected chi connectivity index (χ3v) is 4.51. The number of hydrogen-bond acceptors (Lipinski definition) is 6. The van der Waals surface area contributed by atoms with Crippen LogP contribution in [0.2, 0.25) is 0 Å². The highest BCUT2D eigenvalue weighted by atomic mass is 32.1. The minimum absolute atomic E-state index is 0.283. The number of nitrogens with one attached hydrogen (secondary N) is 1. The Balaban J connectivity index is 1.61. The Morgan fingerprint density at radius 1 is 1.17 bits per heavy atom. The Kier molecular flexibility index (Phi) is 2.77. The van der Waals surface area contributed by atoms with E-state index in [1.54, 1.807) is 0 Å². The molecule has 0 aliphatic heterocycles. The summed E-state index contributed by atoms with van der Waals surface area (Å²) in [5.74, 6) is -2.05. The summed E-state index contributed by atoms with van der Waals surface area (Å²) in [6.45, 7) is 0. The van der Waals surface area contributed by atoms with Gasteiger partial charge in [-0.2, -0.15) is 0 Å². The summed E-state index contributed by atoms with van der Waals surface area (Å²) in [6.07, 6.45) is 3.39. The molecule has 2 saturated carbocycles. The van der Waals surface area contributed by atoms with Gasteiger partial charge in [-0.25, -0.2) is 0 Å². The maximum absolute atomic E-state index is 11.8. The number of carboxylic acid groups (broad SMARTS) is 1. The molecule has 1 N–H and O–H groups in total. The summed E-state index contributed by atoms with van der Waals surface area (Å²) >= 11 is 1.38. The predicted molar refractivity (Wildman–Crippen MR) is 61.7 cm³/mol. The third kappa shape index (κ3) is 2.10. The number of carbonyl (C=O) groups excluding carboxylic acids is 2. The van der Waals surface area contributed by atoms with Crippen LogP contribution in [0.25, 0.3) is 0 Å². The number of aromatic nitrogens is 2. The third-order valence-electron chi connectivity index (χ3n) is 3.51. The highest BCUT2D eigenvalue weighted by molar-refractivity contribution is 7.15. The van der Waals surface area contributed by atoms with Gasteiger partial charge in [0.15, 0.2) is 0 Å². The summed E-state index contributed by atoms with van der Waals surface area (Å²) in [6, 6.07) is 0. The summed E-state index contributed by atoms with van der Waals surface area (Å²) in [5.41, 5.74) is 0. The van der Waals surface area contributed by atoms with E-state index >= 15 is 0 Å². The van der Waals surface area contributed by atoms with Gasteiger partial charge in [-0.1, -0.05) is 11.3 Å². The number of carbonyl (C=O) groups is 2. The normalized spacial score (nSPS) is 26.4. The van der Waals surface area contributed by atoms with Gasteiger partial charge in [0.25, 0.3) is 0 Å². The lowest BCUT2D eigenvalue weighted by atomic mass is 9.73. The Bertz CT molecular complexity index is 497. The zero-order valence-electron chi connectivity index (χ0n) is 9.59. The second kappa shape index (κ2) is 4.31. The first-order chi connectivity index (χ1) is 8.65. The Labute approximate surface area is 107 Å². The van der Waals surface area contributed by atoms with Crippen LogP contribution >= 0.6 is 11.3 Å². The fourth-order valence-electron chi connectivity index (χ4n) is 2.07. The lowest BCUT2D eigenvalue weighted by molar-refractivity contribution is -0.316. The van der Waals surface area contributed by atoms with E-state index in [1.165, 1.54) is 11.3 Å². The van der Waals surface area contributed by atoms with Crippen molar-refractivity contribution in [2.45, 2.75) is 31.6 Å². The number of rotatable bonds is 4. The molecule has 1 amide bonds. The molecule has 2 aliphatic carbocycles. The van der Waals surface area contributed by atoms with E-state index in [0.29, 0.717) is 23.9 Å². The summed E-state index contributed by atoms with van der Waals surface area (Å²) in [5, 5.41) is 22.7. The van der Waals surface area contributed by atoms with Crippen LogP contribution in [0.5, 0.6) is 0 Å². The average molecular weight is 266 g/mol. The molecule has 6 nitrogen and oxygen atoms in total. The van der Waals surface area contributed by atoms with E-state index < -0.39 is 17.8 Å². The second-order valence-corrected chi connectivity index (χ2v) is 5.83. The Morgan fingerprint density at radius 3 is 2.44 bits per heavy atom. The van der Waals surface area contributed by atoms with Crippen LogP contribution < -0.4 is 10.4 Å². The molecule has 0 unspecified atom stereocenters. The van der Waals surface area contributed by atoms with Gasteiger partial charge in [0.05, 0.1) is 0 Å². The summed E-state index contributed by atoms with van der Waals surface area (Å²) in [7, 11) is 0. The first-order valence-electron chi connectivity index (χ1n) is 6.00. The quantitative estimate of drug-likeness (QED) is 0.835. The van der Waals surface area contributed by atoms with E-state index in [2.05, 4.69) is 15.5 Å². The molecule has 0 bridgehead atoms. The Hall–Kier alpha value is -1.50. The molecule has 0 saturated heterocycles. The minimum atomic E-state index is -1.14. The standard InChI is InChI=1S/C11H13N3O3S/c15-8(6-3-4-7(6)10(16)17)12-11-14-13-9(18-11)5-1-2-5/h5-7H,1-4H2,(H,16,17)(H,12,14,15)/p-1/t6-,7+/m1/s1. The largest absolute Gasteiger partial charge is 0.550 e. The average Bonchev–Trinajstić information content (AvgIpc) is 2.98. The number of carboxylic acids is 1. The number of amides is 1. The second-order valence-electron chi connectivity index (χ2n) is 4.82. The fraction of sp³-hybridized carbons (Fsp3) is 0.636. The van der Waals surface area contributed by atoms with Crippen molar-refractivity contribution in [3.05, 3.63) is 5.01 Å². The van der Waals surface area contributed by atoms with Gasteiger partial charge in [0.1, 0.15) is 5.01 Å². The SMILES string of the molecule is O=C([O-])[C@H]1CC[C@H]1C(=O)Nc1nnc(C2CC2)s1.